The van der Waals surface area contributed by atoms with E-state index in [0.29, 0.717) is 5.92 Å². The zero-order valence-corrected chi connectivity index (χ0v) is 11.6. The SMILES string of the molecule is O/N=C1/CCC(C2CCCCC2)=C1c1ccc(F)cc1. The second-order valence-corrected chi connectivity index (χ2v) is 5.79. The summed E-state index contributed by atoms with van der Waals surface area (Å²) in [6.45, 7) is 0. The molecule has 0 radical (unpaired) electrons. The van der Waals surface area contributed by atoms with Gasteiger partial charge in [0.15, 0.2) is 0 Å². The van der Waals surface area contributed by atoms with E-state index in [4.69, 9.17) is 0 Å². The molecule has 106 valence electrons. The molecule has 2 nitrogen and oxygen atoms in total. The third kappa shape index (κ3) is 2.49. The minimum Gasteiger partial charge on any atom is -0.411 e. The summed E-state index contributed by atoms with van der Waals surface area (Å²) in [6.07, 6.45) is 8.16. The standard InChI is InChI=1S/C17H20FNO/c18-14-8-6-13(7-9-14)17-15(10-11-16(17)19-20)12-4-2-1-3-5-12/h6-9,12,20H,1-5,10-11H2/b19-16-. The van der Waals surface area contributed by atoms with Crippen LogP contribution in [0, 0.1) is 11.7 Å². The summed E-state index contributed by atoms with van der Waals surface area (Å²) < 4.78 is 13.1. The first-order valence-electron chi connectivity index (χ1n) is 7.50. The Morgan fingerprint density at radius 3 is 2.35 bits per heavy atom. The van der Waals surface area contributed by atoms with Crippen molar-refractivity contribution in [2.75, 3.05) is 0 Å². The Balaban J connectivity index is 2.01. The zero-order valence-electron chi connectivity index (χ0n) is 11.6. The molecule has 1 saturated carbocycles. The molecule has 0 bridgehead atoms. The molecule has 0 aromatic heterocycles. The first kappa shape index (κ1) is 13.3. The number of allylic oxidation sites excluding steroid dienone is 2. The average Bonchev–Trinajstić information content (AvgIpc) is 2.93. The van der Waals surface area contributed by atoms with Gasteiger partial charge in [0.2, 0.25) is 0 Å². The van der Waals surface area contributed by atoms with Gasteiger partial charge in [-0.05, 0) is 49.3 Å². The Morgan fingerprint density at radius 1 is 1.00 bits per heavy atom. The lowest BCUT2D eigenvalue weighted by Crippen LogP contribution is -2.09. The van der Waals surface area contributed by atoms with Crippen molar-refractivity contribution in [1.82, 2.24) is 0 Å². The van der Waals surface area contributed by atoms with Crippen LogP contribution in [0.15, 0.2) is 35.0 Å². The third-order valence-corrected chi connectivity index (χ3v) is 4.59. The lowest BCUT2D eigenvalue weighted by molar-refractivity contribution is 0.319. The summed E-state index contributed by atoms with van der Waals surface area (Å²) in [5.74, 6) is 0.386. The molecule has 0 aliphatic heterocycles. The van der Waals surface area contributed by atoms with Crippen LogP contribution in [-0.2, 0) is 0 Å². The number of benzene rings is 1. The number of oxime groups is 1. The quantitative estimate of drug-likeness (QED) is 0.610. The first-order chi connectivity index (χ1) is 9.79. The fourth-order valence-corrected chi connectivity index (χ4v) is 3.62. The van der Waals surface area contributed by atoms with Crippen molar-refractivity contribution >= 4 is 11.3 Å². The van der Waals surface area contributed by atoms with Crippen molar-refractivity contribution in [3.63, 3.8) is 0 Å². The molecule has 0 saturated heterocycles. The van der Waals surface area contributed by atoms with Gasteiger partial charge in [-0.1, -0.05) is 42.1 Å². The van der Waals surface area contributed by atoms with Crippen LogP contribution in [0.1, 0.15) is 50.5 Å². The van der Waals surface area contributed by atoms with Crippen molar-refractivity contribution in [1.29, 1.82) is 0 Å². The van der Waals surface area contributed by atoms with Crippen LogP contribution in [0.25, 0.3) is 5.57 Å². The van der Waals surface area contributed by atoms with Crippen LogP contribution < -0.4 is 0 Å². The number of hydrogen-bond donors (Lipinski definition) is 1. The molecule has 2 aliphatic carbocycles. The van der Waals surface area contributed by atoms with Crippen LogP contribution in [0.2, 0.25) is 0 Å². The first-order valence-corrected chi connectivity index (χ1v) is 7.50. The van der Waals surface area contributed by atoms with Crippen LogP contribution in [0.4, 0.5) is 4.39 Å². The summed E-state index contributed by atoms with van der Waals surface area (Å²) in [7, 11) is 0. The van der Waals surface area contributed by atoms with Gasteiger partial charge in [0.05, 0.1) is 5.71 Å². The maximum absolute atomic E-state index is 13.1. The smallest absolute Gasteiger partial charge is 0.123 e. The lowest BCUT2D eigenvalue weighted by Gasteiger charge is -2.24. The van der Waals surface area contributed by atoms with Crippen molar-refractivity contribution in [3.8, 4) is 0 Å². The molecule has 1 aromatic rings. The molecule has 1 fully saturated rings. The molecular formula is C17H20FNO. The molecule has 0 amide bonds. The van der Waals surface area contributed by atoms with E-state index in [1.165, 1.54) is 49.8 Å². The van der Waals surface area contributed by atoms with Crippen molar-refractivity contribution < 1.29 is 9.60 Å². The predicted octanol–water partition coefficient (Wildman–Crippen LogP) is 4.78. The second kappa shape index (κ2) is 5.78. The van der Waals surface area contributed by atoms with Gasteiger partial charge in [-0.3, -0.25) is 0 Å². The number of rotatable bonds is 2. The normalized spacial score (nSPS) is 22.8. The van der Waals surface area contributed by atoms with E-state index in [0.717, 1.165) is 29.7 Å². The molecule has 3 heteroatoms. The zero-order chi connectivity index (χ0) is 13.9. The highest BCUT2D eigenvalue weighted by molar-refractivity contribution is 6.26. The van der Waals surface area contributed by atoms with Crippen molar-refractivity contribution in [3.05, 3.63) is 41.2 Å². The fraction of sp³-hybridized carbons (Fsp3) is 0.471. The number of hydrogen-bond acceptors (Lipinski definition) is 2. The van der Waals surface area contributed by atoms with E-state index in [1.54, 1.807) is 12.1 Å². The summed E-state index contributed by atoms with van der Waals surface area (Å²) in [4.78, 5) is 0. The molecule has 2 aliphatic rings. The van der Waals surface area contributed by atoms with E-state index in [-0.39, 0.29) is 5.82 Å². The van der Waals surface area contributed by atoms with Gasteiger partial charge in [0.25, 0.3) is 0 Å². The number of halogens is 1. The van der Waals surface area contributed by atoms with E-state index < -0.39 is 0 Å². The molecule has 1 aromatic carbocycles. The summed E-state index contributed by atoms with van der Waals surface area (Å²) in [6, 6.07) is 6.55. The molecular weight excluding hydrogens is 253 g/mol. The molecule has 20 heavy (non-hydrogen) atoms. The average molecular weight is 273 g/mol. The largest absolute Gasteiger partial charge is 0.411 e. The van der Waals surface area contributed by atoms with Gasteiger partial charge in [0, 0.05) is 5.57 Å². The molecule has 0 heterocycles. The van der Waals surface area contributed by atoms with Crippen molar-refractivity contribution in [2.24, 2.45) is 11.1 Å². The third-order valence-electron chi connectivity index (χ3n) is 4.59. The van der Waals surface area contributed by atoms with Gasteiger partial charge >= 0.3 is 0 Å². The Kier molecular flexibility index (Phi) is 3.86. The topological polar surface area (TPSA) is 32.6 Å². The maximum Gasteiger partial charge on any atom is 0.123 e. The summed E-state index contributed by atoms with van der Waals surface area (Å²) in [5.41, 5.74) is 4.23. The van der Waals surface area contributed by atoms with E-state index >= 15 is 0 Å². The maximum atomic E-state index is 13.1. The minimum absolute atomic E-state index is 0.228. The monoisotopic (exact) mass is 273 g/mol. The minimum atomic E-state index is -0.228. The Hall–Kier alpha value is -1.64. The van der Waals surface area contributed by atoms with E-state index in [9.17, 15) is 9.60 Å². The van der Waals surface area contributed by atoms with Crippen LogP contribution in [0.3, 0.4) is 0 Å². The van der Waals surface area contributed by atoms with Gasteiger partial charge < -0.3 is 5.21 Å². The molecule has 3 rings (SSSR count). The fourth-order valence-electron chi connectivity index (χ4n) is 3.62. The Bertz CT molecular complexity index is 539. The highest BCUT2D eigenvalue weighted by Crippen LogP contribution is 2.41. The van der Waals surface area contributed by atoms with Gasteiger partial charge in [-0.15, -0.1) is 0 Å². The van der Waals surface area contributed by atoms with Crippen molar-refractivity contribution in [2.45, 2.75) is 44.9 Å². The van der Waals surface area contributed by atoms with Gasteiger partial charge in [-0.25, -0.2) is 4.39 Å². The van der Waals surface area contributed by atoms with Crippen LogP contribution in [-0.4, -0.2) is 10.9 Å². The summed E-state index contributed by atoms with van der Waals surface area (Å²) in [5, 5.41) is 12.7. The van der Waals surface area contributed by atoms with E-state index in [2.05, 4.69) is 5.16 Å². The Labute approximate surface area is 119 Å². The lowest BCUT2D eigenvalue weighted by atomic mass is 9.81. The highest BCUT2D eigenvalue weighted by Gasteiger charge is 2.29. The summed E-state index contributed by atoms with van der Waals surface area (Å²) >= 11 is 0. The predicted molar refractivity (Wildman–Crippen MR) is 78.4 cm³/mol. The second-order valence-electron chi connectivity index (χ2n) is 5.79. The highest BCUT2D eigenvalue weighted by atomic mass is 19.1. The molecule has 0 atom stereocenters. The van der Waals surface area contributed by atoms with Gasteiger partial charge in [-0.2, -0.15) is 0 Å². The van der Waals surface area contributed by atoms with Gasteiger partial charge in [0.1, 0.15) is 5.82 Å². The molecule has 1 N–H and O–H groups in total. The van der Waals surface area contributed by atoms with Crippen LogP contribution in [0.5, 0.6) is 0 Å². The molecule has 0 spiro atoms. The number of nitrogens with zero attached hydrogens (tertiary/aromatic N) is 1. The molecule has 0 unspecified atom stereocenters. The van der Waals surface area contributed by atoms with Crippen LogP contribution >= 0.6 is 0 Å². The van der Waals surface area contributed by atoms with E-state index in [1.807, 2.05) is 0 Å². The Morgan fingerprint density at radius 2 is 1.70 bits per heavy atom.